The van der Waals surface area contributed by atoms with E-state index >= 15 is 0 Å². The van der Waals surface area contributed by atoms with E-state index < -0.39 is 0 Å². The second-order valence-corrected chi connectivity index (χ2v) is 10.1. The van der Waals surface area contributed by atoms with Crippen LogP contribution in [0.25, 0.3) is 0 Å². The molecule has 1 heterocycles. The molecule has 6 rings (SSSR count). The molecule has 1 aliphatic heterocycles. The van der Waals surface area contributed by atoms with E-state index in [0.29, 0.717) is 11.9 Å². The molecule has 4 bridgehead atoms. The van der Waals surface area contributed by atoms with E-state index in [-0.39, 0.29) is 5.41 Å². The van der Waals surface area contributed by atoms with Gasteiger partial charge in [-0.3, -0.25) is 4.79 Å². The molecular weight excluding hydrogens is 348 g/mol. The standard InChI is InChI=1S/C24H34N2O2/c1-28-22-4-2-17(3-5-22)6-8-26-9-7-21(16-26)25-23(27)24-13-18-10-19(14-24)12-20(11-18)15-24/h2-5,18-21H,6-16H2,1H3,(H,25,27). The van der Waals surface area contributed by atoms with Gasteiger partial charge in [0.15, 0.2) is 0 Å². The number of ether oxygens (including phenoxy) is 1. The van der Waals surface area contributed by atoms with Crippen molar-refractivity contribution in [2.45, 2.75) is 57.4 Å². The van der Waals surface area contributed by atoms with E-state index in [1.54, 1.807) is 7.11 Å². The van der Waals surface area contributed by atoms with E-state index in [2.05, 4.69) is 22.3 Å². The summed E-state index contributed by atoms with van der Waals surface area (Å²) in [6.07, 6.45) is 9.84. The van der Waals surface area contributed by atoms with Gasteiger partial charge in [0.1, 0.15) is 5.75 Å². The number of likely N-dealkylation sites (tertiary alicyclic amines) is 1. The minimum absolute atomic E-state index is 0.00867. The van der Waals surface area contributed by atoms with Gasteiger partial charge in [0, 0.05) is 31.1 Å². The molecule has 1 aromatic carbocycles. The number of methoxy groups -OCH3 is 1. The SMILES string of the molecule is COc1ccc(CCN2CCC(NC(=O)C34CC5CC(CC(C5)C3)C4)C2)cc1. The Hall–Kier alpha value is -1.55. The van der Waals surface area contributed by atoms with Gasteiger partial charge in [-0.2, -0.15) is 0 Å². The summed E-state index contributed by atoms with van der Waals surface area (Å²) in [7, 11) is 1.71. The molecule has 1 amide bonds. The summed E-state index contributed by atoms with van der Waals surface area (Å²) in [5.74, 6) is 3.82. The van der Waals surface area contributed by atoms with Crippen molar-refractivity contribution in [3.05, 3.63) is 29.8 Å². The predicted molar refractivity (Wildman–Crippen MR) is 110 cm³/mol. The van der Waals surface area contributed by atoms with Gasteiger partial charge in [0.2, 0.25) is 5.91 Å². The van der Waals surface area contributed by atoms with Crippen molar-refractivity contribution in [2.24, 2.45) is 23.2 Å². The summed E-state index contributed by atoms with van der Waals surface area (Å²) in [4.78, 5) is 15.8. The second kappa shape index (κ2) is 7.37. The molecular formula is C24H34N2O2. The Bertz CT molecular complexity index is 679. The van der Waals surface area contributed by atoms with Crippen LogP contribution in [-0.2, 0) is 11.2 Å². The zero-order valence-electron chi connectivity index (χ0n) is 17.2. The summed E-state index contributed by atoms with van der Waals surface area (Å²) in [5, 5.41) is 3.48. The number of nitrogens with zero attached hydrogens (tertiary/aromatic N) is 1. The maximum Gasteiger partial charge on any atom is 0.226 e. The van der Waals surface area contributed by atoms with Crippen LogP contribution >= 0.6 is 0 Å². The van der Waals surface area contributed by atoms with Gasteiger partial charge in [-0.1, -0.05) is 12.1 Å². The smallest absolute Gasteiger partial charge is 0.226 e. The van der Waals surface area contributed by atoms with Crippen LogP contribution in [0.1, 0.15) is 50.5 Å². The van der Waals surface area contributed by atoms with Crippen molar-refractivity contribution in [3.8, 4) is 5.75 Å². The number of hydrogen-bond donors (Lipinski definition) is 1. The van der Waals surface area contributed by atoms with Crippen molar-refractivity contribution >= 4 is 5.91 Å². The van der Waals surface area contributed by atoms with Gasteiger partial charge in [0.25, 0.3) is 0 Å². The average Bonchev–Trinajstić information content (AvgIpc) is 3.13. The van der Waals surface area contributed by atoms with Gasteiger partial charge in [0.05, 0.1) is 7.11 Å². The van der Waals surface area contributed by atoms with Crippen molar-refractivity contribution < 1.29 is 9.53 Å². The molecule has 152 valence electrons. The molecule has 4 aliphatic carbocycles. The van der Waals surface area contributed by atoms with Crippen molar-refractivity contribution in [1.29, 1.82) is 0 Å². The maximum absolute atomic E-state index is 13.3. The van der Waals surface area contributed by atoms with E-state index in [1.165, 1.54) is 44.1 Å². The Morgan fingerprint density at radius 2 is 1.75 bits per heavy atom. The number of benzene rings is 1. The van der Waals surface area contributed by atoms with Crippen molar-refractivity contribution in [3.63, 3.8) is 0 Å². The monoisotopic (exact) mass is 382 g/mol. The summed E-state index contributed by atoms with van der Waals surface area (Å²) in [6.45, 7) is 3.17. The molecule has 1 saturated heterocycles. The first-order valence-electron chi connectivity index (χ1n) is 11.3. The number of amides is 1. The highest BCUT2D eigenvalue weighted by molar-refractivity contribution is 5.83. The lowest BCUT2D eigenvalue weighted by Crippen LogP contribution is -2.55. The van der Waals surface area contributed by atoms with Gasteiger partial charge in [-0.05, 0) is 86.8 Å². The maximum atomic E-state index is 13.3. The minimum atomic E-state index is -0.00867. The normalized spacial score (nSPS) is 36.6. The fourth-order valence-corrected chi connectivity index (χ4v) is 6.96. The fraction of sp³-hybridized carbons (Fsp3) is 0.708. The lowest BCUT2D eigenvalue weighted by atomic mass is 9.49. The highest BCUT2D eigenvalue weighted by atomic mass is 16.5. The summed E-state index contributed by atoms with van der Waals surface area (Å²) in [5.41, 5.74) is 1.34. The highest BCUT2D eigenvalue weighted by Gasteiger charge is 2.54. The Labute approximate surface area is 169 Å². The van der Waals surface area contributed by atoms with Gasteiger partial charge in [-0.15, -0.1) is 0 Å². The first-order chi connectivity index (χ1) is 13.6. The van der Waals surface area contributed by atoms with Crippen LogP contribution in [0, 0.1) is 23.2 Å². The Morgan fingerprint density at radius 3 is 2.36 bits per heavy atom. The average molecular weight is 383 g/mol. The van der Waals surface area contributed by atoms with Crippen LogP contribution < -0.4 is 10.1 Å². The molecule has 1 atom stereocenters. The zero-order chi connectivity index (χ0) is 19.1. The van der Waals surface area contributed by atoms with E-state index in [9.17, 15) is 4.79 Å². The summed E-state index contributed by atoms with van der Waals surface area (Å²) >= 11 is 0. The van der Waals surface area contributed by atoms with Crippen LogP contribution in [0.15, 0.2) is 24.3 Å². The number of hydrogen-bond acceptors (Lipinski definition) is 3. The highest BCUT2D eigenvalue weighted by Crippen LogP contribution is 2.60. The largest absolute Gasteiger partial charge is 0.497 e. The van der Waals surface area contributed by atoms with Crippen LogP contribution in [0.5, 0.6) is 5.75 Å². The number of rotatable bonds is 6. The molecule has 4 saturated carbocycles. The number of nitrogens with one attached hydrogen (secondary N) is 1. The lowest BCUT2D eigenvalue weighted by molar-refractivity contribution is -0.146. The molecule has 0 radical (unpaired) electrons. The van der Waals surface area contributed by atoms with E-state index in [0.717, 1.165) is 56.0 Å². The Balaban J connectivity index is 1.12. The first-order valence-corrected chi connectivity index (χ1v) is 11.3. The molecule has 1 unspecified atom stereocenters. The third kappa shape index (κ3) is 3.56. The quantitative estimate of drug-likeness (QED) is 0.817. The number of carbonyl (C=O) groups is 1. The lowest BCUT2D eigenvalue weighted by Gasteiger charge is -2.55. The molecule has 1 N–H and O–H groups in total. The van der Waals surface area contributed by atoms with Crippen LogP contribution in [0.3, 0.4) is 0 Å². The molecule has 0 spiro atoms. The van der Waals surface area contributed by atoms with Crippen molar-refractivity contribution in [2.75, 3.05) is 26.7 Å². The third-order valence-electron chi connectivity index (χ3n) is 8.00. The zero-order valence-corrected chi connectivity index (χ0v) is 17.2. The van der Waals surface area contributed by atoms with Gasteiger partial charge >= 0.3 is 0 Å². The molecule has 0 aromatic heterocycles. The van der Waals surface area contributed by atoms with E-state index in [1.807, 2.05) is 12.1 Å². The molecule has 5 fully saturated rings. The van der Waals surface area contributed by atoms with Crippen LogP contribution in [0.4, 0.5) is 0 Å². The first kappa shape index (κ1) is 18.5. The van der Waals surface area contributed by atoms with Gasteiger partial charge in [-0.25, -0.2) is 0 Å². The summed E-state index contributed by atoms with van der Waals surface area (Å²) in [6, 6.07) is 8.72. The second-order valence-electron chi connectivity index (χ2n) is 10.1. The van der Waals surface area contributed by atoms with Gasteiger partial charge < -0.3 is 15.0 Å². The third-order valence-corrected chi connectivity index (χ3v) is 8.00. The minimum Gasteiger partial charge on any atom is -0.497 e. The topological polar surface area (TPSA) is 41.6 Å². The Morgan fingerprint density at radius 1 is 1.11 bits per heavy atom. The number of carbonyl (C=O) groups excluding carboxylic acids is 1. The van der Waals surface area contributed by atoms with E-state index in [4.69, 9.17) is 4.74 Å². The van der Waals surface area contributed by atoms with Crippen LogP contribution in [0.2, 0.25) is 0 Å². The molecule has 4 nitrogen and oxygen atoms in total. The fourth-order valence-electron chi connectivity index (χ4n) is 6.96. The molecule has 4 heteroatoms. The van der Waals surface area contributed by atoms with Crippen LogP contribution in [-0.4, -0.2) is 43.6 Å². The summed E-state index contributed by atoms with van der Waals surface area (Å²) < 4.78 is 5.23. The molecule has 28 heavy (non-hydrogen) atoms. The Kier molecular flexibility index (Phi) is 4.86. The predicted octanol–water partition coefficient (Wildman–Crippen LogP) is 3.64. The van der Waals surface area contributed by atoms with Crippen molar-refractivity contribution in [1.82, 2.24) is 10.2 Å². The molecule has 5 aliphatic rings. The molecule has 1 aromatic rings.